The predicted octanol–water partition coefficient (Wildman–Crippen LogP) is 3.62. The van der Waals surface area contributed by atoms with E-state index in [1.54, 1.807) is 7.11 Å². The second kappa shape index (κ2) is 8.45. The number of benzene rings is 2. The van der Waals surface area contributed by atoms with E-state index in [0.29, 0.717) is 6.54 Å². The molecule has 0 aromatic heterocycles. The van der Waals surface area contributed by atoms with Crippen LogP contribution in [0.1, 0.15) is 18.4 Å². The van der Waals surface area contributed by atoms with Crippen molar-refractivity contribution in [2.75, 3.05) is 20.3 Å². The molecule has 2 N–H and O–H groups in total. The fraction of sp³-hybridized carbons (Fsp3) is 0.333. The van der Waals surface area contributed by atoms with Gasteiger partial charge < -0.3 is 15.2 Å². The SMILES string of the molecule is COCCCCOc1ccc(-c2ccc(CN)cc2)cc1. The summed E-state index contributed by atoms with van der Waals surface area (Å²) in [6.07, 6.45) is 2.04. The van der Waals surface area contributed by atoms with Crippen LogP contribution in [0.15, 0.2) is 48.5 Å². The Morgan fingerprint density at radius 3 is 1.95 bits per heavy atom. The van der Waals surface area contributed by atoms with E-state index in [0.717, 1.165) is 37.4 Å². The van der Waals surface area contributed by atoms with Crippen molar-refractivity contribution >= 4 is 0 Å². The third kappa shape index (κ3) is 4.88. The van der Waals surface area contributed by atoms with Crippen LogP contribution in [-0.2, 0) is 11.3 Å². The molecular formula is C18H23NO2. The summed E-state index contributed by atoms with van der Waals surface area (Å²) in [5.74, 6) is 0.912. The van der Waals surface area contributed by atoms with E-state index in [1.165, 1.54) is 11.1 Å². The van der Waals surface area contributed by atoms with Gasteiger partial charge in [0.2, 0.25) is 0 Å². The Morgan fingerprint density at radius 2 is 1.38 bits per heavy atom. The molecule has 2 aromatic carbocycles. The Morgan fingerprint density at radius 1 is 0.810 bits per heavy atom. The molecule has 0 bridgehead atoms. The lowest BCUT2D eigenvalue weighted by Gasteiger charge is -2.08. The van der Waals surface area contributed by atoms with E-state index in [4.69, 9.17) is 15.2 Å². The minimum absolute atomic E-state index is 0.579. The van der Waals surface area contributed by atoms with Crippen LogP contribution in [0.3, 0.4) is 0 Å². The van der Waals surface area contributed by atoms with Crippen molar-refractivity contribution in [3.05, 3.63) is 54.1 Å². The Hall–Kier alpha value is -1.84. The molecule has 0 aliphatic carbocycles. The average Bonchev–Trinajstić information content (AvgIpc) is 2.55. The van der Waals surface area contributed by atoms with Crippen molar-refractivity contribution in [2.45, 2.75) is 19.4 Å². The second-order valence-electron chi connectivity index (χ2n) is 4.97. The van der Waals surface area contributed by atoms with Crippen molar-refractivity contribution in [3.8, 4) is 16.9 Å². The van der Waals surface area contributed by atoms with Gasteiger partial charge in [-0.25, -0.2) is 0 Å². The molecule has 0 aliphatic rings. The van der Waals surface area contributed by atoms with Gasteiger partial charge in [0.05, 0.1) is 6.61 Å². The van der Waals surface area contributed by atoms with Crippen LogP contribution in [-0.4, -0.2) is 20.3 Å². The van der Waals surface area contributed by atoms with Gasteiger partial charge in [0.25, 0.3) is 0 Å². The molecular weight excluding hydrogens is 262 g/mol. The summed E-state index contributed by atoms with van der Waals surface area (Å²) in [4.78, 5) is 0. The van der Waals surface area contributed by atoms with Gasteiger partial charge in [-0.15, -0.1) is 0 Å². The van der Waals surface area contributed by atoms with E-state index in [1.807, 2.05) is 12.1 Å². The smallest absolute Gasteiger partial charge is 0.119 e. The molecule has 0 fully saturated rings. The van der Waals surface area contributed by atoms with Crippen molar-refractivity contribution in [1.29, 1.82) is 0 Å². The summed E-state index contributed by atoms with van der Waals surface area (Å²) in [6, 6.07) is 16.5. The first kappa shape index (κ1) is 15.5. The van der Waals surface area contributed by atoms with E-state index < -0.39 is 0 Å². The largest absolute Gasteiger partial charge is 0.494 e. The summed E-state index contributed by atoms with van der Waals surface area (Å²) in [6.45, 7) is 2.10. The highest BCUT2D eigenvalue weighted by Crippen LogP contribution is 2.22. The predicted molar refractivity (Wildman–Crippen MR) is 86.4 cm³/mol. The zero-order chi connectivity index (χ0) is 14.9. The number of hydrogen-bond donors (Lipinski definition) is 1. The molecule has 0 radical (unpaired) electrons. The van der Waals surface area contributed by atoms with Crippen LogP contribution in [0.4, 0.5) is 0 Å². The Balaban J connectivity index is 1.88. The molecule has 0 spiro atoms. The first-order valence-electron chi connectivity index (χ1n) is 7.34. The molecule has 112 valence electrons. The van der Waals surface area contributed by atoms with E-state index in [9.17, 15) is 0 Å². The molecule has 2 aromatic rings. The van der Waals surface area contributed by atoms with Gasteiger partial charge in [0, 0.05) is 20.3 Å². The maximum Gasteiger partial charge on any atom is 0.119 e. The minimum Gasteiger partial charge on any atom is -0.494 e. The highest BCUT2D eigenvalue weighted by Gasteiger charge is 1.99. The zero-order valence-electron chi connectivity index (χ0n) is 12.5. The van der Waals surface area contributed by atoms with Gasteiger partial charge in [0.1, 0.15) is 5.75 Å². The second-order valence-corrected chi connectivity index (χ2v) is 4.97. The number of hydrogen-bond acceptors (Lipinski definition) is 3. The summed E-state index contributed by atoms with van der Waals surface area (Å²) < 4.78 is 10.7. The minimum atomic E-state index is 0.579. The fourth-order valence-corrected chi connectivity index (χ4v) is 2.12. The van der Waals surface area contributed by atoms with Crippen molar-refractivity contribution in [2.24, 2.45) is 5.73 Å². The number of methoxy groups -OCH3 is 1. The average molecular weight is 285 g/mol. The highest BCUT2D eigenvalue weighted by atomic mass is 16.5. The van der Waals surface area contributed by atoms with Crippen molar-refractivity contribution in [1.82, 2.24) is 0 Å². The number of rotatable bonds is 8. The Labute approximate surface area is 126 Å². The molecule has 0 unspecified atom stereocenters. The van der Waals surface area contributed by atoms with Gasteiger partial charge in [-0.2, -0.15) is 0 Å². The maximum atomic E-state index is 5.71. The third-order valence-electron chi connectivity index (χ3n) is 3.39. The Bertz CT molecular complexity index is 520. The summed E-state index contributed by atoms with van der Waals surface area (Å²) in [7, 11) is 1.72. The molecule has 0 saturated carbocycles. The summed E-state index contributed by atoms with van der Waals surface area (Å²) in [5, 5.41) is 0. The molecule has 3 nitrogen and oxygen atoms in total. The topological polar surface area (TPSA) is 44.5 Å². The molecule has 0 saturated heterocycles. The van der Waals surface area contributed by atoms with Crippen LogP contribution in [0.2, 0.25) is 0 Å². The lowest BCUT2D eigenvalue weighted by Crippen LogP contribution is -1.99. The van der Waals surface area contributed by atoms with Gasteiger partial charge in [-0.05, 0) is 41.7 Å². The fourth-order valence-electron chi connectivity index (χ4n) is 2.12. The van der Waals surface area contributed by atoms with Crippen LogP contribution in [0.5, 0.6) is 5.75 Å². The van der Waals surface area contributed by atoms with Gasteiger partial charge >= 0.3 is 0 Å². The third-order valence-corrected chi connectivity index (χ3v) is 3.39. The standard InChI is InChI=1S/C18H23NO2/c1-20-12-2-3-13-21-18-10-8-17(9-11-18)16-6-4-15(14-19)5-7-16/h4-11H,2-3,12-14,19H2,1H3. The molecule has 0 amide bonds. The van der Waals surface area contributed by atoms with Crippen LogP contribution in [0.25, 0.3) is 11.1 Å². The normalized spacial score (nSPS) is 10.6. The first-order valence-corrected chi connectivity index (χ1v) is 7.34. The lowest BCUT2D eigenvalue weighted by molar-refractivity contribution is 0.184. The quantitative estimate of drug-likeness (QED) is 0.753. The summed E-state index contributed by atoms with van der Waals surface area (Å²) in [5.41, 5.74) is 9.14. The van der Waals surface area contributed by atoms with Gasteiger partial charge in [0.15, 0.2) is 0 Å². The van der Waals surface area contributed by atoms with Crippen molar-refractivity contribution < 1.29 is 9.47 Å². The monoisotopic (exact) mass is 285 g/mol. The number of unbranched alkanes of at least 4 members (excludes halogenated alkanes) is 1. The maximum absolute atomic E-state index is 5.71. The molecule has 3 heteroatoms. The van der Waals surface area contributed by atoms with E-state index in [-0.39, 0.29) is 0 Å². The molecule has 0 aliphatic heterocycles. The highest BCUT2D eigenvalue weighted by molar-refractivity contribution is 5.64. The van der Waals surface area contributed by atoms with Gasteiger partial charge in [-0.1, -0.05) is 36.4 Å². The molecule has 0 atom stereocenters. The Kier molecular flexibility index (Phi) is 6.25. The molecule has 2 rings (SSSR count). The van der Waals surface area contributed by atoms with E-state index in [2.05, 4.69) is 36.4 Å². The van der Waals surface area contributed by atoms with Crippen LogP contribution in [0, 0.1) is 0 Å². The number of ether oxygens (including phenoxy) is 2. The number of nitrogens with two attached hydrogens (primary N) is 1. The first-order chi connectivity index (χ1) is 10.3. The van der Waals surface area contributed by atoms with E-state index >= 15 is 0 Å². The van der Waals surface area contributed by atoms with Gasteiger partial charge in [-0.3, -0.25) is 0 Å². The molecule has 21 heavy (non-hydrogen) atoms. The molecule has 0 heterocycles. The van der Waals surface area contributed by atoms with Crippen LogP contribution >= 0.6 is 0 Å². The van der Waals surface area contributed by atoms with Crippen molar-refractivity contribution in [3.63, 3.8) is 0 Å². The summed E-state index contributed by atoms with van der Waals surface area (Å²) >= 11 is 0. The zero-order valence-corrected chi connectivity index (χ0v) is 12.5. The van der Waals surface area contributed by atoms with Crippen LogP contribution < -0.4 is 10.5 Å². The lowest BCUT2D eigenvalue weighted by atomic mass is 10.0.